The lowest BCUT2D eigenvalue weighted by atomic mass is 10.0. The van der Waals surface area contributed by atoms with Crippen molar-refractivity contribution in [1.29, 1.82) is 0 Å². The van der Waals surface area contributed by atoms with Gasteiger partial charge in [-0.2, -0.15) is 4.31 Å². The van der Waals surface area contributed by atoms with Crippen molar-refractivity contribution in [1.82, 2.24) is 9.29 Å². The van der Waals surface area contributed by atoms with Crippen molar-refractivity contribution in [3.63, 3.8) is 0 Å². The van der Waals surface area contributed by atoms with E-state index in [9.17, 15) is 13.2 Å². The zero-order valence-corrected chi connectivity index (χ0v) is 25.8. The zero-order valence-electron chi connectivity index (χ0n) is 24.2. The highest BCUT2D eigenvalue weighted by Crippen LogP contribution is 2.35. The molecule has 40 heavy (non-hydrogen) atoms. The Kier molecular flexibility index (Phi) is 9.44. The number of anilines is 1. The molecule has 0 unspecified atom stereocenters. The normalized spacial score (nSPS) is 12.2. The predicted molar refractivity (Wildman–Crippen MR) is 166 cm³/mol. The number of carbonyl (C=O) groups excluding carboxylic acids is 1. The van der Waals surface area contributed by atoms with Gasteiger partial charge in [0.15, 0.2) is 5.13 Å². The van der Waals surface area contributed by atoms with Crippen LogP contribution in [0.1, 0.15) is 68.9 Å². The summed E-state index contributed by atoms with van der Waals surface area (Å²) in [6.07, 6.45) is 0. The summed E-state index contributed by atoms with van der Waals surface area (Å²) in [5.41, 5.74) is 3.46. The molecule has 0 radical (unpaired) electrons. The molecule has 212 valence electrons. The van der Waals surface area contributed by atoms with Gasteiger partial charge >= 0.3 is 0 Å². The quantitative estimate of drug-likeness (QED) is 0.184. The van der Waals surface area contributed by atoms with E-state index in [2.05, 4.69) is 19.9 Å². The maximum atomic E-state index is 14.0. The topological polar surface area (TPSA) is 70.6 Å². The lowest BCUT2D eigenvalue weighted by Crippen LogP contribution is -2.37. The van der Waals surface area contributed by atoms with Crippen LogP contribution in [0.4, 0.5) is 5.13 Å². The van der Waals surface area contributed by atoms with Crippen LogP contribution in [0.25, 0.3) is 10.2 Å². The average Bonchev–Trinajstić information content (AvgIpc) is 3.35. The summed E-state index contributed by atoms with van der Waals surface area (Å²) < 4.78 is 29.6. The van der Waals surface area contributed by atoms with E-state index < -0.39 is 10.0 Å². The third-order valence-electron chi connectivity index (χ3n) is 6.60. The number of hydrogen-bond donors (Lipinski definition) is 0. The molecule has 1 aromatic heterocycles. The minimum Gasteiger partial charge on any atom is -0.279 e. The van der Waals surface area contributed by atoms with Gasteiger partial charge in [-0.05, 0) is 59.2 Å². The third kappa shape index (κ3) is 6.79. The number of para-hydroxylation sites is 1. The predicted octanol–water partition coefficient (Wildman–Crippen LogP) is 7.57. The van der Waals surface area contributed by atoms with Crippen LogP contribution < -0.4 is 4.90 Å². The highest BCUT2D eigenvalue weighted by atomic mass is 32.2. The Morgan fingerprint density at radius 1 is 0.825 bits per heavy atom. The van der Waals surface area contributed by atoms with Gasteiger partial charge in [-0.3, -0.25) is 9.69 Å². The molecule has 0 saturated heterocycles. The second-order valence-electron chi connectivity index (χ2n) is 11.4. The molecule has 3 aromatic carbocycles. The van der Waals surface area contributed by atoms with Gasteiger partial charge in [-0.1, -0.05) is 95.3 Å². The van der Waals surface area contributed by atoms with Crippen molar-refractivity contribution >= 4 is 42.6 Å². The monoisotopic (exact) mass is 577 g/mol. The lowest BCUT2D eigenvalue weighted by Gasteiger charge is -2.26. The summed E-state index contributed by atoms with van der Waals surface area (Å²) in [6.45, 7) is 13.6. The van der Waals surface area contributed by atoms with Crippen molar-refractivity contribution in [2.45, 2.75) is 58.9 Å². The number of sulfonamides is 1. The summed E-state index contributed by atoms with van der Waals surface area (Å²) in [5.74, 6) is 0.480. The SMILES string of the molecule is CC(C)CN(CC(C)C)S(=O)(=O)c1ccc(C(=O)N(Cc2ccccc2)c2nc3c(C(C)C)cccc3s2)cc1. The number of rotatable bonds is 11. The van der Waals surface area contributed by atoms with Gasteiger partial charge < -0.3 is 0 Å². The molecule has 1 amide bonds. The molecule has 4 rings (SSSR count). The number of thiazole rings is 1. The highest BCUT2D eigenvalue weighted by molar-refractivity contribution is 7.89. The Morgan fingerprint density at radius 3 is 2.02 bits per heavy atom. The number of benzene rings is 3. The largest absolute Gasteiger partial charge is 0.279 e. The first kappa shape index (κ1) is 29.9. The number of fused-ring (bicyclic) bond motifs is 1. The Morgan fingerprint density at radius 2 is 1.45 bits per heavy atom. The smallest absolute Gasteiger partial charge is 0.260 e. The first-order valence-corrected chi connectivity index (χ1v) is 16.1. The minimum absolute atomic E-state index is 0.196. The summed E-state index contributed by atoms with van der Waals surface area (Å²) in [5, 5.41) is 0.619. The van der Waals surface area contributed by atoms with E-state index >= 15 is 0 Å². The van der Waals surface area contributed by atoms with E-state index in [4.69, 9.17) is 4.98 Å². The summed E-state index contributed by atoms with van der Waals surface area (Å²) in [7, 11) is -3.69. The fraction of sp³-hybridized carbons (Fsp3) is 0.375. The Bertz CT molecular complexity index is 1530. The molecule has 0 aliphatic heterocycles. The fourth-order valence-electron chi connectivity index (χ4n) is 4.69. The van der Waals surface area contributed by atoms with Crippen LogP contribution in [-0.4, -0.2) is 36.7 Å². The maximum Gasteiger partial charge on any atom is 0.260 e. The van der Waals surface area contributed by atoms with Crippen LogP contribution in [-0.2, 0) is 16.6 Å². The molecular weight excluding hydrogens is 539 g/mol. The summed E-state index contributed by atoms with van der Waals surface area (Å²) >= 11 is 1.49. The number of amides is 1. The number of hydrogen-bond acceptors (Lipinski definition) is 5. The zero-order chi connectivity index (χ0) is 29.0. The summed E-state index contributed by atoms with van der Waals surface area (Å²) in [6, 6.07) is 22.3. The van der Waals surface area contributed by atoms with E-state index in [0.717, 1.165) is 21.3 Å². The van der Waals surface area contributed by atoms with Gasteiger partial charge in [0.2, 0.25) is 10.0 Å². The highest BCUT2D eigenvalue weighted by Gasteiger charge is 2.27. The average molecular weight is 578 g/mol. The molecule has 0 fully saturated rings. The third-order valence-corrected chi connectivity index (χ3v) is 9.49. The maximum absolute atomic E-state index is 14.0. The first-order chi connectivity index (χ1) is 19.0. The molecule has 0 saturated carbocycles. The molecule has 0 spiro atoms. The van der Waals surface area contributed by atoms with Gasteiger partial charge in [-0.15, -0.1) is 0 Å². The molecule has 0 aliphatic rings. The number of nitrogens with zero attached hydrogens (tertiary/aromatic N) is 3. The molecule has 4 aromatic rings. The Balaban J connectivity index is 1.70. The molecular formula is C32H39N3O3S2. The second kappa shape index (κ2) is 12.6. The molecule has 0 atom stereocenters. The van der Waals surface area contributed by atoms with Crippen LogP contribution in [0.3, 0.4) is 0 Å². The number of carbonyl (C=O) groups is 1. The van der Waals surface area contributed by atoms with Crippen LogP contribution in [0.2, 0.25) is 0 Å². The molecule has 0 aliphatic carbocycles. The minimum atomic E-state index is -3.69. The molecule has 0 bridgehead atoms. The van der Waals surface area contributed by atoms with Crippen molar-refractivity contribution in [2.75, 3.05) is 18.0 Å². The molecule has 6 nitrogen and oxygen atoms in total. The van der Waals surface area contributed by atoms with Crippen LogP contribution in [0.15, 0.2) is 77.7 Å². The van der Waals surface area contributed by atoms with Crippen molar-refractivity contribution < 1.29 is 13.2 Å². The van der Waals surface area contributed by atoms with E-state index in [1.54, 1.807) is 33.5 Å². The van der Waals surface area contributed by atoms with E-state index in [1.807, 2.05) is 70.2 Å². The molecule has 8 heteroatoms. The second-order valence-corrected chi connectivity index (χ2v) is 14.3. The van der Waals surface area contributed by atoms with E-state index in [1.165, 1.54) is 11.3 Å². The van der Waals surface area contributed by atoms with Gasteiger partial charge in [-0.25, -0.2) is 13.4 Å². The van der Waals surface area contributed by atoms with E-state index in [-0.39, 0.29) is 22.6 Å². The Hall–Kier alpha value is -3.07. The van der Waals surface area contributed by atoms with Crippen molar-refractivity contribution in [3.8, 4) is 0 Å². The van der Waals surface area contributed by atoms with Crippen LogP contribution in [0.5, 0.6) is 0 Å². The van der Waals surface area contributed by atoms with Gasteiger partial charge in [0.05, 0.1) is 21.7 Å². The van der Waals surface area contributed by atoms with Crippen molar-refractivity contribution in [3.05, 3.63) is 89.5 Å². The first-order valence-electron chi connectivity index (χ1n) is 13.8. The molecule has 1 heterocycles. The van der Waals surface area contributed by atoms with Gasteiger partial charge in [0.1, 0.15) is 0 Å². The van der Waals surface area contributed by atoms with Crippen LogP contribution >= 0.6 is 11.3 Å². The number of aromatic nitrogens is 1. The van der Waals surface area contributed by atoms with E-state index in [0.29, 0.717) is 36.2 Å². The van der Waals surface area contributed by atoms with Crippen molar-refractivity contribution in [2.24, 2.45) is 11.8 Å². The lowest BCUT2D eigenvalue weighted by molar-refractivity contribution is 0.0985. The van der Waals surface area contributed by atoms with Gasteiger partial charge in [0.25, 0.3) is 5.91 Å². The Labute approximate surface area is 242 Å². The summed E-state index contributed by atoms with van der Waals surface area (Å²) in [4.78, 5) is 20.8. The standard InChI is InChI=1S/C32H39N3O3S2/c1-22(2)19-34(20-23(3)4)40(37,38)27-17-15-26(16-18-27)31(36)35(21-25-11-8-7-9-12-25)32-33-30-28(24(5)6)13-10-14-29(30)39-32/h7-18,22-24H,19-21H2,1-6H3. The van der Waals surface area contributed by atoms with Crippen LogP contribution in [0, 0.1) is 11.8 Å². The van der Waals surface area contributed by atoms with Gasteiger partial charge in [0, 0.05) is 18.7 Å². The fourth-order valence-corrected chi connectivity index (χ4v) is 7.46. The molecule has 0 N–H and O–H groups in total.